The Bertz CT molecular complexity index is 2100. The summed E-state index contributed by atoms with van der Waals surface area (Å²) in [7, 11) is 0. The van der Waals surface area contributed by atoms with E-state index in [2.05, 4.69) is 21.3 Å². The Hall–Kier alpha value is -6.32. The number of carboxylic acid groups (broad SMARTS) is 1. The van der Waals surface area contributed by atoms with Crippen LogP contribution in [0.1, 0.15) is 109 Å². The summed E-state index contributed by atoms with van der Waals surface area (Å²) in [5.74, 6) is -9.56. The first-order valence-electron chi connectivity index (χ1n) is 20.8. The molecule has 0 bridgehead atoms. The second-order valence-electron chi connectivity index (χ2n) is 17.6. The Labute approximate surface area is 361 Å². The van der Waals surface area contributed by atoms with Crippen molar-refractivity contribution in [3.8, 4) is 0 Å². The molecule has 0 spiro atoms. The number of primary amides is 1. The largest absolute Gasteiger partial charge is 0.474 e. The zero-order valence-corrected chi connectivity index (χ0v) is 36.3. The first kappa shape index (κ1) is 48.3. The fourth-order valence-corrected chi connectivity index (χ4v) is 7.32. The van der Waals surface area contributed by atoms with Crippen molar-refractivity contribution in [2.24, 2.45) is 5.73 Å². The van der Waals surface area contributed by atoms with Gasteiger partial charge in [-0.15, -0.1) is 0 Å². The van der Waals surface area contributed by atoms with E-state index in [1.54, 1.807) is 41.5 Å². The molecule has 5 amide bonds. The lowest BCUT2D eigenvalue weighted by atomic mass is 9.80. The molecule has 334 valence electrons. The summed E-state index contributed by atoms with van der Waals surface area (Å²) in [5, 5.41) is 22.0. The van der Waals surface area contributed by atoms with Crippen LogP contribution in [0, 0.1) is 0 Å². The molecule has 1 aliphatic carbocycles. The van der Waals surface area contributed by atoms with Gasteiger partial charge in [-0.05, 0) is 94.7 Å². The minimum Gasteiger partial charge on any atom is -0.474 e. The van der Waals surface area contributed by atoms with Gasteiger partial charge in [-0.3, -0.25) is 33.6 Å². The predicted octanol–water partition coefficient (Wildman–Crippen LogP) is 3.65. The summed E-state index contributed by atoms with van der Waals surface area (Å²) < 4.78 is 11.0. The van der Waals surface area contributed by atoms with Gasteiger partial charge >= 0.3 is 23.8 Å². The molecule has 1 fully saturated rings. The van der Waals surface area contributed by atoms with Crippen molar-refractivity contribution in [3.63, 3.8) is 0 Å². The van der Waals surface area contributed by atoms with E-state index in [1.165, 1.54) is 24.3 Å². The van der Waals surface area contributed by atoms with Crippen molar-refractivity contribution in [3.05, 3.63) is 83.4 Å². The van der Waals surface area contributed by atoms with Crippen molar-refractivity contribution in [2.45, 2.75) is 134 Å². The van der Waals surface area contributed by atoms with Crippen molar-refractivity contribution in [1.29, 1.82) is 0 Å². The number of amides is 5. The van der Waals surface area contributed by atoms with Crippen LogP contribution in [-0.2, 0) is 60.7 Å². The highest BCUT2D eigenvalue weighted by Crippen LogP contribution is 2.30. The van der Waals surface area contributed by atoms with Gasteiger partial charge in [0.1, 0.15) is 28.8 Å². The average Bonchev–Trinajstić information content (AvgIpc) is 3.18. The number of carboxylic acids is 1. The number of nitrogens with two attached hydrogens (primary N) is 1. The number of ether oxygens (including phenoxy) is 2. The lowest BCUT2D eigenvalue weighted by Crippen LogP contribution is -2.65. The second-order valence-corrected chi connectivity index (χ2v) is 17.6. The molecule has 16 heteroatoms. The number of carbonyl (C=O) groups is 8. The smallest absolute Gasteiger partial charge is 0.394 e. The van der Waals surface area contributed by atoms with E-state index in [-0.39, 0.29) is 31.4 Å². The number of carbonyl (C=O) groups excluding carboxylic acids is 7. The van der Waals surface area contributed by atoms with Gasteiger partial charge < -0.3 is 41.6 Å². The van der Waals surface area contributed by atoms with Crippen LogP contribution in [0.2, 0.25) is 0 Å². The molecule has 7 N–H and O–H groups in total. The maximum atomic E-state index is 14.2. The molecule has 62 heavy (non-hydrogen) atoms. The summed E-state index contributed by atoms with van der Waals surface area (Å²) in [5.41, 5.74) is 3.80. The number of nitrogens with one attached hydrogen (secondary N) is 4. The lowest BCUT2D eigenvalue weighted by Gasteiger charge is -2.38. The van der Waals surface area contributed by atoms with Gasteiger partial charge in [0.2, 0.25) is 23.6 Å². The fourth-order valence-electron chi connectivity index (χ4n) is 7.32. The van der Waals surface area contributed by atoms with Gasteiger partial charge in [-0.2, -0.15) is 0 Å². The molecule has 16 nitrogen and oxygen atoms in total. The SMILES string of the molecule is CC(C)(C)OC(=O)C(C(=O)OC(C)(C)C)c1ccc(C[C@H](NC(=O)C(=O)O)C(=O)NC2(C(=O)N[C@@H](CC(N)=O)C(=O)NCCCc3cccc4ccccc34)CCCCC2)cc1. The van der Waals surface area contributed by atoms with Crippen molar-refractivity contribution in [1.82, 2.24) is 21.3 Å². The zero-order chi connectivity index (χ0) is 45.8. The summed E-state index contributed by atoms with van der Waals surface area (Å²) in [6.45, 7) is 10.2. The van der Waals surface area contributed by atoms with Crippen molar-refractivity contribution >= 4 is 58.2 Å². The second kappa shape index (κ2) is 21.0. The number of benzene rings is 3. The van der Waals surface area contributed by atoms with Gasteiger partial charge in [-0.1, -0.05) is 86.0 Å². The number of hydrogen-bond donors (Lipinski definition) is 6. The summed E-state index contributed by atoms with van der Waals surface area (Å²) in [6.07, 6.45) is 2.50. The standard InChI is InChI=1S/C46H59N5O11/c1-44(2,3)61-41(58)36(42(59)62-45(4,5)6)31-21-19-28(20-22-31)26-33(49-39(55)40(56)57)38(54)51-46(23-10-7-11-24-46)43(60)50-34(27-35(47)52)37(53)48-25-13-17-30-16-12-15-29-14-8-9-18-32(29)30/h8-9,12,14-16,18-22,33-34,36H,7,10-11,13,17,23-27H2,1-6H3,(H2,47,52)(H,48,53)(H,49,55)(H,50,60)(H,51,54)(H,56,57)/t33-,34-/m0/s1. The number of esters is 2. The van der Waals surface area contributed by atoms with E-state index in [4.69, 9.17) is 15.2 Å². The molecule has 0 aromatic heterocycles. The van der Waals surface area contributed by atoms with Crippen LogP contribution in [0.15, 0.2) is 66.7 Å². The predicted molar refractivity (Wildman–Crippen MR) is 229 cm³/mol. The number of fused-ring (bicyclic) bond motifs is 1. The van der Waals surface area contributed by atoms with Crippen LogP contribution >= 0.6 is 0 Å². The third-order valence-corrected chi connectivity index (χ3v) is 10.2. The molecule has 0 radical (unpaired) electrons. The summed E-state index contributed by atoms with van der Waals surface area (Å²) in [4.78, 5) is 104. The highest BCUT2D eigenvalue weighted by molar-refractivity contribution is 6.32. The fraction of sp³-hybridized carbons (Fsp3) is 0.478. The van der Waals surface area contributed by atoms with E-state index in [0.717, 1.165) is 22.8 Å². The summed E-state index contributed by atoms with van der Waals surface area (Å²) >= 11 is 0. The molecule has 0 heterocycles. The van der Waals surface area contributed by atoms with Crippen LogP contribution in [-0.4, -0.2) is 87.9 Å². The van der Waals surface area contributed by atoms with Crippen molar-refractivity contribution < 1.29 is 52.9 Å². The lowest BCUT2D eigenvalue weighted by molar-refractivity contribution is -0.169. The molecular weight excluding hydrogens is 799 g/mol. The van der Waals surface area contributed by atoms with Crippen LogP contribution in [0.25, 0.3) is 10.8 Å². The minimum absolute atomic E-state index is 0.144. The van der Waals surface area contributed by atoms with Crippen molar-refractivity contribution in [2.75, 3.05) is 6.54 Å². The third-order valence-electron chi connectivity index (χ3n) is 10.2. The minimum atomic E-state index is -1.85. The Balaban J connectivity index is 1.51. The molecule has 3 aromatic rings. The number of rotatable bonds is 17. The molecule has 0 unspecified atom stereocenters. The van der Waals surface area contributed by atoms with E-state index in [0.29, 0.717) is 31.2 Å². The maximum Gasteiger partial charge on any atom is 0.394 e. The van der Waals surface area contributed by atoms with Gasteiger partial charge in [0, 0.05) is 13.0 Å². The normalized spacial score (nSPS) is 14.8. The topological polar surface area (TPSA) is 249 Å². The van der Waals surface area contributed by atoms with E-state index < -0.39 is 88.6 Å². The molecule has 1 aliphatic rings. The Morgan fingerprint density at radius 3 is 1.92 bits per heavy atom. The van der Waals surface area contributed by atoms with Gasteiger partial charge in [-0.25, -0.2) is 4.79 Å². The van der Waals surface area contributed by atoms with E-state index in [1.807, 2.05) is 42.5 Å². The van der Waals surface area contributed by atoms with E-state index in [9.17, 15) is 43.5 Å². The molecule has 3 aromatic carbocycles. The zero-order valence-electron chi connectivity index (χ0n) is 36.3. The first-order valence-corrected chi connectivity index (χ1v) is 20.8. The monoisotopic (exact) mass is 857 g/mol. The first-order chi connectivity index (χ1) is 29.1. The third kappa shape index (κ3) is 14.1. The van der Waals surface area contributed by atoms with E-state index >= 15 is 0 Å². The van der Waals surface area contributed by atoms with Crippen LogP contribution in [0.3, 0.4) is 0 Å². The average molecular weight is 858 g/mol. The van der Waals surface area contributed by atoms with Crippen LogP contribution < -0.4 is 27.0 Å². The maximum absolute atomic E-state index is 14.2. The molecule has 4 rings (SSSR count). The molecule has 2 atom stereocenters. The van der Waals surface area contributed by atoms with Gasteiger partial charge in [0.15, 0.2) is 5.92 Å². The van der Waals surface area contributed by atoms with Gasteiger partial charge in [0.05, 0.1) is 6.42 Å². The molecule has 1 saturated carbocycles. The van der Waals surface area contributed by atoms with Crippen LogP contribution in [0.4, 0.5) is 0 Å². The quantitative estimate of drug-likeness (QED) is 0.0495. The molecular formula is C46H59N5O11. The molecule has 0 saturated heterocycles. The highest BCUT2D eigenvalue weighted by atomic mass is 16.6. The van der Waals surface area contributed by atoms with Gasteiger partial charge in [0.25, 0.3) is 0 Å². The van der Waals surface area contributed by atoms with Crippen LogP contribution in [0.5, 0.6) is 0 Å². The molecule has 0 aliphatic heterocycles. The Morgan fingerprint density at radius 2 is 1.34 bits per heavy atom. The summed E-state index contributed by atoms with van der Waals surface area (Å²) in [6, 6.07) is 17.0. The number of aliphatic carboxylic acids is 1. The number of hydrogen-bond acceptors (Lipinski definition) is 10. The Morgan fingerprint density at radius 1 is 0.742 bits per heavy atom. The Kier molecular flexibility index (Phi) is 16.4. The highest BCUT2D eigenvalue weighted by Gasteiger charge is 2.44. The number of aryl methyl sites for hydroxylation is 1.